The Morgan fingerprint density at radius 3 is 2.07 bits per heavy atom. The molecule has 0 saturated heterocycles. The van der Waals surface area contributed by atoms with Crippen molar-refractivity contribution in [1.29, 1.82) is 0 Å². The average molecular weight is 364 g/mol. The van der Waals surface area contributed by atoms with Crippen LogP contribution < -0.4 is 16.6 Å². The molecule has 4 N–H and O–H groups in total. The van der Waals surface area contributed by atoms with E-state index in [0.717, 1.165) is 17.5 Å². The molecule has 9 nitrogen and oxygen atoms in total. The highest BCUT2D eigenvalue weighted by Gasteiger charge is 2.25. The summed E-state index contributed by atoms with van der Waals surface area (Å²) >= 11 is 0. The van der Waals surface area contributed by atoms with Crippen molar-refractivity contribution in [3.8, 4) is 0 Å². The molecule has 1 heterocycles. The molecule has 1 aromatic heterocycles. The molecule has 0 aliphatic heterocycles. The fourth-order valence-electron chi connectivity index (χ4n) is 2.64. The van der Waals surface area contributed by atoms with Gasteiger partial charge in [0.15, 0.2) is 0 Å². The molecule has 0 fully saturated rings. The van der Waals surface area contributed by atoms with Crippen molar-refractivity contribution in [3.05, 3.63) is 88.2 Å². The molecular weight excluding hydrogens is 348 g/mol. The summed E-state index contributed by atoms with van der Waals surface area (Å²) in [6.07, 6.45) is 1.07. The predicted octanol–water partition coefficient (Wildman–Crippen LogP) is 2.24. The standard InChI is InChI=1S/C18H16N6O3/c19-16-15(24(26)27)17(21-11-20-16)22-23-18(25)14(12-7-3-1-4-8-12)13-9-5-2-6-10-13/h1-11,14H,(H,23,25)(H3,19,20,21,22). The Morgan fingerprint density at radius 2 is 1.56 bits per heavy atom. The van der Waals surface area contributed by atoms with Crippen LogP contribution in [-0.4, -0.2) is 20.8 Å². The Hall–Kier alpha value is -4.01. The fraction of sp³-hybridized carbons (Fsp3) is 0.0556. The topological polar surface area (TPSA) is 136 Å². The molecule has 3 rings (SSSR count). The van der Waals surface area contributed by atoms with Crippen LogP contribution in [0.5, 0.6) is 0 Å². The zero-order valence-corrected chi connectivity index (χ0v) is 14.1. The van der Waals surface area contributed by atoms with Crippen LogP contribution in [-0.2, 0) is 4.79 Å². The van der Waals surface area contributed by atoms with E-state index in [4.69, 9.17) is 5.73 Å². The molecule has 2 aromatic carbocycles. The van der Waals surface area contributed by atoms with Gasteiger partial charge in [0.25, 0.3) is 0 Å². The van der Waals surface area contributed by atoms with E-state index >= 15 is 0 Å². The molecule has 0 spiro atoms. The number of hydrazine groups is 1. The fourth-order valence-corrected chi connectivity index (χ4v) is 2.64. The van der Waals surface area contributed by atoms with E-state index in [0.29, 0.717) is 0 Å². The van der Waals surface area contributed by atoms with Crippen molar-refractivity contribution < 1.29 is 9.72 Å². The number of nitrogen functional groups attached to an aromatic ring is 1. The van der Waals surface area contributed by atoms with Crippen LogP contribution in [0.3, 0.4) is 0 Å². The van der Waals surface area contributed by atoms with Gasteiger partial charge in [0.1, 0.15) is 6.33 Å². The summed E-state index contributed by atoms with van der Waals surface area (Å²) in [4.78, 5) is 30.7. The molecular formula is C18H16N6O3. The quantitative estimate of drug-likeness (QED) is 0.451. The molecule has 3 aromatic rings. The average Bonchev–Trinajstić information content (AvgIpc) is 2.68. The van der Waals surface area contributed by atoms with Crippen LogP contribution in [0.2, 0.25) is 0 Å². The number of nitrogens with zero attached hydrogens (tertiary/aromatic N) is 3. The van der Waals surface area contributed by atoms with Gasteiger partial charge < -0.3 is 5.73 Å². The number of hydrogen-bond donors (Lipinski definition) is 3. The molecule has 0 saturated carbocycles. The highest BCUT2D eigenvalue weighted by atomic mass is 16.6. The van der Waals surface area contributed by atoms with E-state index in [1.807, 2.05) is 60.7 Å². The third kappa shape index (κ3) is 3.98. The monoisotopic (exact) mass is 364 g/mol. The van der Waals surface area contributed by atoms with Gasteiger partial charge in [-0.15, -0.1) is 0 Å². The number of hydrogen-bond acceptors (Lipinski definition) is 7. The lowest BCUT2D eigenvalue weighted by atomic mass is 9.91. The van der Waals surface area contributed by atoms with E-state index < -0.39 is 22.4 Å². The van der Waals surface area contributed by atoms with E-state index in [-0.39, 0.29) is 11.6 Å². The molecule has 0 aliphatic carbocycles. The highest BCUT2D eigenvalue weighted by molar-refractivity contribution is 5.88. The van der Waals surface area contributed by atoms with Crippen LogP contribution in [0.25, 0.3) is 0 Å². The van der Waals surface area contributed by atoms with Gasteiger partial charge in [0.05, 0.1) is 10.8 Å². The largest absolute Gasteiger partial charge is 0.378 e. The summed E-state index contributed by atoms with van der Waals surface area (Å²) in [7, 11) is 0. The SMILES string of the molecule is Nc1ncnc(NNC(=O)C(c2ccccc2)c2ccccc2)c1[N+](=O)[O-]. The highest BCUT2D eigenvalue weighted by Crippen LogP contribution is 2.27. The van der Waals surface area contributed by atoms with Gasteiger partial charge in [-0.05, 0) is 11.1 Å². The minimum absolute atomic E-state index is 0.194. The molecule has 0 unspecified atom stereocenters. The number of anilines is 2. The third-order valence-electron chi connectivity index (χ3n) is 3.87. The zero-order chi connectivity index (χ0) is 19.2. The van der Waals surface area contributed by atoms with Crippen LogP contribution in [0, 0.1) is 10.1 Å². The van der Waals surface area contributed by atoms with Crippen LogP contribution in [0.15, 0.2) is 67.0 Å². The van der Waals surface area contributed by atoms with Crippen molar-refractivity contribution in [3.63, 3.8) is 0 Å². The van der Waals surface area contributed by atoms with Crippen LogP contribution in [0.4, 0.5) is 17.3 Å². The van der Waals surface area contributed by atoms with Gasteiger partial charge in [-0.1, -0.05) is 60.7 Å². The Labute approximate surface area is 154 Å². The second kappa shape index (κ2) is 7.91. The Morgan fingerprint density at radius 1 is 1.00 bits per heavy atom. The summed E-state index contributed by atoms with van der Waals surface area (Å²) < 4.78 is 0. The minimum atomic E-state index is -0.713. The zero-order valence-electron chi connectivity index (χ0n) is 14.1. The van der Waals surface area contributed by atoms with Gasteiger partial charge in [-0.2, -0.15) is 0 Å². The maximum atomic E-state index is 12.9. The van der Waals surface area contributed by atoms with E-state index in [2.05, 4.69) is 20.8 Å². The van der Waals surface area contributed by atoms with Gasteiger partial charge >= 0.3 is 5.69 Å². The summed E-state index contributed by atoms with van der Waals surface area (Å²) in [6, 6.07) is 18.4. The predicted molar refractivity (Wildman–Crippen MR) is 99.6 cm³/mol. The van der Waals surface area contributed by atoms with Gasteiger partial charge in [-0.25, -0.2) is 9.97 Å². The molecule has 0 bridgehead atoms. The first-order valence-electron chi connectivity index (χ1n) is 7.98. The summed E-state index contributed by atoms with van der Waals surface area (Å²) in [5.74, 6) is -1.51. The van der Waals surface area contributed by atoms with Crippen LogP contribution >= 0.6 is 0 Å². The lowest BCUT2D eigenvalue weighted by Crippen LogP contribution is -2.35. The van der Waals surface area contributed by atoms with Crippen molar-refractivity contribution in [2.75, 3.05) is 11.2 Å². The number of nitro groups is 1. The Kier molecular flexibility index (Phi) is 5.22. The smallest absolute Gasteiger partial charge is 0.354 e. The Bertz CT molecular complexity index is 910. The van der Waals surface area contributed by atoms with Crippen LogP contribution in [0.1, 0.15) is 17.0 Å². The van der Waals surface area contributed by atoms with Crippen molar-refractivity contribution >= 4 is 23.2 Å². The lowest BCUT2D eigenvalue weighted by Gasteiger charge is -2.18. The van der Waals surface area contributed by atoms with Gasteiger partial charge in [-0.3, -0.25) is 25.8 Å². The van der Waals surface area contributed by atoms with Gasteiger partial charge in [0, 0.05) is 0 Å². The number of carbonyl (C=O) groups is 1. The number of rotatable bonds is 6. The van der Waals surface area contributed by atoms with Crippen molar-refractivity contribution in [2.45, 2.75) is 5.92 Å². The Balaban J connectivity index is 1.87. The number of nitrogens with two attached hydrogens (primary N) is 1. The van der Waals surface area contributed by atoms with Gasteiger partial charge in [0.2, 0.25) is 17.5 Å². The first-order valence-corrected chi connectivity index (χ1v) is 7.98. The van der Waals surface area contributed by atoms with E-state index in [1.54, 1.807) is 0 Å². The molecule has 0 radical (unpaired) electrons. The first-order chi connectivity index (χ1) is 13.1. The lowest BCUT2D eigenvalue weighted by molar-refractivity contribution is -0.383. The summed E-state index contributed by atoms with van der Waals surface area (Å²) in [5, 5.41) is 11.2. The first kappa shape index (κ1) is 17.8. The second-order valence-electron chi connectivity index (χ2n) is 5.58. The second-order valence-corrected chi connectivity index (χ2v) is 5.58. The number of benzene rings is 2. The molecule has 136 valence electrons. The molecule has 1 amide bonds. The number of amides is 1. The third-order valence-corrected chi connectivity index (χ3v) is 3.87. The van der Waals surface area contributed by atoms with E-state index in [9.17, 15) is 14.9 Å². The van der Waals surface area contributed by atoms with Crippen molar-refractivity contribution in [2.24, 2.45) is 0 Å². The normalized spacial score (nSPS) is 10.4. The number of aromatic nitrogens is 2. The maximum Gasteiger partial charge on any atom is 0.354 e. The van der Waals surface area contributed by atoms with Crippen molar-refractivity contribution in [1.82, 2.24) is 15.4 Å². The van der Waals surface area contributed by atoms with E-state index in [1.165, 1.54) is 0 Å². The number of carbonyl (C=O) groups excluding carboxylic acids is 1. The summed E-state index contributed by atoms with van der Waals surface area (Å²) in [5.41, 5.74) is 11.5. The minimum Gasteiger partial charge on any atom is -0.378 e. The molecule has 0 aliphatic rings. The number of nitrogens with one attached hydrogen (secondary N) is 2. The molecule has 9 heteroatoms. The maximum absolute atomic E-state index is 12.9. The molecule has 0 atom stereocenters. The summed E-state index contributed by atoms with van der Waals surface area (Å²) in [6.45, 7) is 0. The molecule has 27 heavy (non-hydrogen) atoms.